The first kappa shape index (κ1) is 8.52. The molecule has 2 saturated carbocycles. The summed E-state index contributed by atoms with van der Waals surface area (Å²) in [5, 5.41) is 10.3. The summed E-state index contributed by atoms with van der Waals surface area (Å²) in [4.78, 5) is 0. The fraction of sp³-hybridized carbons (Fsp3) is 1.00. The minimum Gasteiger partial charge on any atom is -0.389 e. The van der Waals surface area contributed by atoms with Gasteiger partial charge in [-0.25, -0.2) is 0 Å². The van der Waals surface area contributed by atoms with Crippen molar-refractivity contribution >= 4 is 0 Å². The lowest BCUT2D eigenvalue weighted by Crippen LogP contribution is -2.51. The summed E-state index contributed by atoms with van der Waals surface area (Å²) in [5.74, 6) is 0. The highest BCUT2D eigenvalue weighted by atomic mass is 16.3. The van der Waals surface area contributed by atoms with Crippen molar-refractivity contribution in [3.05, 3.63) is 0 Å². The van der Waals surface area contributed by atoms with Crippen LogP contribution in [0.3, 0.4) is 0 Å². The minimum absolute atomic E-state index is 0.0538. The Morgan fingerprint density at radius 1 is 1.33 bits per heavy atom. The summed E-state index contributed by atoms with van der Waals surface area (Å²) in [7, 11) is 0. The Hall–Kier alpha value is -0.0800. The third kappa shape index (κ3) is 0.728. The molecule has 2 fully saturated rings. The van der Waals surface area contributed by atoms with Gasteiger partial charge in [0.15, 0.2) is 0 Å². The predicted molar refractivity (Wildman–Crippen MR) is 48.7 cm³/mol. The molecule has 2 aliphatic carbocycles. The van der Waals surface area contributed by atoms with Gasteiger partial charge >= 0.3 is 0 Å². The van der Waals surface area contributed by atoms with Gasteiger partial charge in [0.2, 0.25) is 0 Å². The second kappa shape index (κ2) is 2.05. The van der Waals surface area contributed by atoms with Gasteiger partial charge in [-0.05, 0) is 31.1 Å². The topological polar surface area (TPSA) is 46.2 Å². The van der Waals surface area contributed by atoms with Gasteiger partial charge in [-0.3, -0.25) is 0 Å². The second-order valence-corrected chi connectivity index (χ2v) is 5.23. The van der Waals surface area contributed by atoms with Crippen LogP contribution in [-0.4, -0.2) is 17.3 Å². The van der Waals surface area contributed by atoms with Crippen molar-refractivity contribution in [1.29, 1.82) is 0 Å². The van der Waals surface area contributed by atoms with Crippen molar-refractivity contribution in [2.45, 2.75) is 45.1 Å². The molecule has 12 heavy (non-hydrogen) atoms. The van der Waals surface area contributed by atoms with E-state index in [4.69, 9.17) is 5.73 Å². The molecule has 1 unspecified atom stereocenters. The first-order valence-corrected chi connectivity index (χ1v) is 4.90. The minimum atomic E-state index is -0.411. The number of rotatable bonds is 2. The smallest absolute Gasteiger partial charge is 0.0721 e. The maximum atomic E-state index is 10.3. The highest BCUT2D eigenvalue weighted by Gasteiger charge is 2.71. The molecule has 2 heteroatoms. The van der Waals surface area contributed by atoms with Crippen molar-refractivity contribution in [1.82, 2.24) is 0 Å². The van der Waals surface area contributed by atoms with E-state index in [1.54, 1.807) is 0 Å². The molecule has 0 radical (unpaired) electrons. The Labute approximate surface area is 74.1 Å². The van der Waals surface area contributed by atoms with E-state index in [0.29, 0.717) is 6.54 Å². The number of hydrogen-bond donors (Lipinski definition) is 2. The van der Waals surface area contributed by atoms with Crippen LogP contribution in [0.5, 0.6) is 0 Å². The highest BCUT2D eigenvalue weighted by molar-refractivity contribution is 5.22. The van der Waals surface area contributed by atoms with E-state index in [-0.39, 0.29) is 10.8 Å². The third-order valence-corrected chi connectivity index (χ3v) is 4.33. The molecule has 0 aromatic carbocycles. The van der Waals surface area contributed by atoms with E-state index in [2.05, 4.69) is 13.8 Å². The molecular formula is C10H19NO. The molecule has 0 aromatic rings. The van der Waals surface area contributed by atoms with Crippen LogP contribution in [0, 0.1) is 10.8 Å². The van der Waals surface area contributed by atoms with Crippen molar-refractivity contribution in [2.24, 2.45) is 16.6 Å². The lowest BCUT2D eigenvalue weighted by Gasteiger charge is -2.45. The average Bonchev–Trinajstić information content (AvgIpc) is 2.50. The van der Waals surface area contributed by atoms with Gasteiger partial charge in [0.05, 0.1) is 5.60 Å². The molecule has 1 atom stereocenters. The zero-order chi connectivity index (χ0) is 9.04. The third-order valence-electron chi connectivity index (χ3n) is 4.33. The molecule has 0 bridgehead atoms. The predicted octanol–water partition coefficient (Wildman–Crippen LogP) is 1.28. The van der Waals surface area contributed by atoms with Gasteiger partial charge in [-0.1, -0.05) is 13.8 Å². The van der Waals surface area contributed by atoms with Crippen LogP contribution in [-0.2, 0) is 0 Å². The number of aliphatic hydroxyl groups is 1. The largest absolute Gasteiger partial charge is 0.389 e. The monoisotopic (exact) mass is 169 g/mol. The van der Waals surface area contributed by atoms with Gasteiger partial charge in [0, 0.05) is 12.0 Å². The van der Waals surface area contributed by atoms with Crippen LogP contribution in [0.25, 0.3) is 0 Å². The molecular weight excluding hydrogens is 150 g/mol. The lowest BCUT2D eigenvalue weighted by molar-refractivity contribution is -0.106. The standard InChI is InChI=1S/C10H19NO/c1-8(2)6-9(8,7-11)10(12)4-3-5-10/h12H,3-7,11H2,1-2H3. The average molecular weight is 169 g/mol. The van der Waals surface area contributed by atoms with Crippen LogP contribution in [0.1, 0.15) is 39.5 Å². The normalized spacial score (nSPS) is 42.0. The molecule has 0 heterocycles. The fourth-order valence-corrected chi connectivity index (χ4v) is 3.03. The van der Waals surface area contributed by atoms with Crippen molar-refractivity contribution in [3.8, 4) is 0 Å². The van der Waals surface area contributed by atoms with E-state index >= 15 is 0 Å². The van der Waals surface area contributed by atoms with Crippen LogP contribution in [0.4, 0.5) is 0 Å². The summed E-state index contributed by atoms with van der Waals surface area (Å²) in [5.41, 5.74) is 5.70. The summed E-state index contributed by atoms with van der Waals surface area (Å²) < 4.78 is 0. The first-order valence-electron chi connectivity index (χ1n) is 4.90. The Morgan fingerprint density at radius 2 is 1.83 bits per heavy atom. The number of hydrogen-bond acceptors (Lipinski definition) is 2. The molecule has 0 spiro atoms. The molecule has 3 N–H and O–H groups in total. The quantitative estimate of drug-likeness (QED) is 0.654. The van der Waals surface area contributed by atoms with E-state index in [1.165, 1.54) is 6.42 Å². The van der Waals surface area contributed by atoms with Gasteiger partial charge < -0.3 is 10.8 Å². The zero-order valence-corrected chi connectivity index (χ0v) is 8.06. The van der Waals surface area contributed by atoms with Crippen molar-refractivity contribution < 1.29 is 5.11 Å². The van der Waals surface area contributed by atoms with Crippen molar-refractivity contribution in [3.63, 3.8) is 0 Å². The molecule has 2 aliphatic rings. The van der Waals surface area contributed by atoms with E-state index in [9.17, 15) is 5.11 Å². The van der Waals surface area contributed by atoms with Gasteiger partial charge in [-0.15, -0.1) is 0 Å². The molecule has 0 aliphatic heterocycles. The van der Waals surface area contributed by atoms with Crippen LogP contribution >= 0.6 is 0 Å². The Balaban J connectivity index is 2.21. The molecule has 0 saturated heterocycles. The van der Waals surface area contributed by atoms with E-state index in [1.807, 2.05) is 0 Å². The van der Waals surface area contributed by atoms with E-state index < -0.39 is 5.60 Å². The van der Waals surface area contributed by atoms with Crippen LogP contribution in [0.15, 0.2) is 0 Å². The highest BCUT2D eigenvalue weighted by Crippen LogP contribution is 2.71. The van der Waals surface area contributed by atoms with Gasteiger partial charge in [0.25, 0.3) is 0 Å². The van der Waals surface area contributed by atoms with Gasteiger partial charge in [0.1, 0.15) is 0 Å². The summed E-state index contributed by atoms with van der Waals surface area (Å²) in [6, 6.07) is 0. The molecule has 0 amide bonds. The molecule has 0 aromatic heterocycles. The maximum Gasteiger partial charge on any atom is 0.0721 e. The molecule has 70 valence electrons. The fourth-order valence-electron chi connectivity index (χ4n) is 3.03. The summed E-state index contributed by atoms with van der Waals surface area (Å²) in [6.45, 7) is 5.09. The second-order valence-electron chi connectivity index (χ2n) is 5.23. The first-order chi connectivity index (χ1) is 5.47. The van der Waals surface area contributed by atoms with Crippen LogP contribution < -0.4 is 5.73 Å². The lowest BCUT2D eigenvalue weighted by atomic mass is 9.66. The molecule has 2 rings (SSSR count). The Morgan fingerprint density at radius 3 is 1.92 bits per heavy atom. The summed E-state index contributed by atoms with van der Waals surface area (Å²) >= 11 is 0. The van der Waals surface area contributed by atoms with Crippen LogP contribution in [0.2, 0.25) is 0 Å². The molecule has 2 nitrogen and oxygen atoms in total. The summed E-state index contributed by atoms with van der Waals surface area (Å²) in [6.07, 6.45) is 4.21. The van der Waals surface area contributed by atoms with Crippen molar-refractivity contribution in [2.75, 3.05) is 6.54 Å². The SMILES string of the molecule is CC1(C)CC1(CN)C1(O)CCC1. The maximum absolute atomic E-state index is 10.3. The Bertz CT molecular complexity index is 208. The number of nitrogens with two attached hydrogens (primary N) is 1. The Kier molecular flexibility index (Phi) is 1.45. The zero-order valence-electron chi connectivity index (χ0n) is 8.06. The van der Waals surface area contributed by atoms with Gasteiger partial charge in [-0.2, -0.15) is 0 Å². The van der Waals surface area contributed by atoms with E-state index in [0.717, 1.165) is 19.3 Å².